The summed E-state index contributed by atoms with van der Waals surface area (Å²) in [6, 6.07) is -5.04. The first-order valence-corrected chi connectivity index (χ1v) is 11.5. The maximum atomic E-state index is 13.0. The second-order valence-electron chi connectivity index (χ2n) is 8.05. The fourth-order valence-electron chi connectivity index (χ4n) is 2.98. The molecule has 16 nitrogen and oxygen atoms in total. The van der Waals surface area contributed by atoms with Gasteiger partial charge in [-0.1, -0.05) is 0 Å². The highest BCUT2D eigenvalue weighted by Crippen LogP contribution is 2.06. The Kier molecular flexibility index (Phi) is 16.1. The molecule has 0 rings (SSSR count). The number of nitrogens with zero attached hydrogens (tertiary/aromatic N) is 1. The summed E-state index contributed by atoms with van der Waals surface area (Å²) in [5.74, 6) is -4.61. The van der Waals surface area contributed by atoms with Gasteiger partial charge >= 0.3 is 5.97 Å². The highest BCUT2D eigenvalue weighted by molar-refractivity contribution is 5.94. The van der Waals surface area contributed by atoms with Crippen LogP contribution in [0.5, 0.6) is 0 Å². The number of rotatable bonds is 19. The van der Waals surface area contributed by atoms with E-state index in [4.69, 9.17) is 38.9 Å². The Hall–Kier alpha value is -3.50. The normalized spacial score (nSPS) is 14.0. The predicted octanol–water partition coefficient (Wildman–Crippen LogP) is -4.71. The first-order valence-electron chi connectivity index (χ1n) is 11.5. The molecule has 0 aliphatic heterocycles. The summed E-state index contributed by atoms with van der Waals surface area (Å²) in [7, 11) is 0. The number of carboxylic acids is 1. The van der Waals surface area contributed by atoms with Crippen molar-refractivity contribution in [3.8, 4) is 0 Å². The van der Waals surface area contributed by atoms with Gasteiger partial charge in [-0.15, -0.1) is 0 Å². The van der Waals surface area contributed by atoms with Gasteiger partial charge < -0.3 is 54.8 Å². The average Bonchev–Trinajstić information content (AvgIpc) is 2.81. The Morgan fingerprint density at radius 1 is 0.778 bits per heavy atom. The van der Waals surface area contributed by atoms with E-state index in [1.165, 1.54) is 0 Å². The molecule has 0 aromatic carbocycles. The molecule has 0 fully saturated rings. The number of unbranched alkanes of at least 4 members (excludes halogenated alkanes) is 1. The smallest absolute Gasteiger partial charge is 0.328 e. The number of aliphatic imine (C=N–C) groups is 1. The van der Waals surface area contributed by atoms with Gasteiger partial charge in [0, 0.05) is 13.0 Å². The molecule has 0 heterocycles. The monoisotopic (exact) mass is 517 g/mol. The Bertz CT molecular complexity index is 775. The third-order valence-electron chi connectivity index (χ3n) is 4.99. The molecule has 0 aliphatic carbocycles. The lowest BCUT2D eigenvalue weighted by Crippen LogP contribution is -2.57. The van der Waals surface area contributed by atoms with Crippen molar-refractivity contribution in [2.45, 2.75) is 69.1 Å². The second kappa shape index (κ2) is 17.9. The second-order valence-corrected chi connectivity index (χ2v) is 8.05. The molecule has 0 spiro atoms. The van der Waals surface area contributed by atoms with Crippen molar-refractivity contribution in [1.82, 2.24) is 16.0 Å². The highest BCUT2D eigenvalue weighted by atomic mass is 16.4. The summed E-state index contributed by atoms with van der Waals surface area (Å²) >= 11 is 0. The maximum Gasteiger partial charge on any atom is 0.328 e. The Morgan fingerprint density at radius 2 is 1.33 bits per heavy atom. The minimum absolute atomic E-state index is 0.102. The lowest BCUT2D eigenvalue weighted by molar-refractivity contribution is -0.143. The molecule has 206 valence electrons. The molecule has 0 saturated heterocycles. The van der Waals surface area contributed by atoms with Crippen LogP contribution in [0.4, 0.5) is 0 Å². The molecule has 4 unspecified atom stereocenters. The lowest BCUT2D eigenvalue weighted by Gasteiger charge is -2.25. The Labute approximate surface area is 208 Å². The number of aliphatic hydroxyl groups is 1. The average molecular weight is 518 g/mol. The summed E-state index contributed by atoms with van der Waals surface area (Å²) < 4.78 is 0. The van der Waals surface area contributed by atoms with Crippen LogP contribution >= 0.6 is 0 Å². The Balaban J connectivity index is 5.40. The molecule has 15 N–H and O–H groups in total. The lowest BCUT2D eigenvalue weighted by atomic mass is 10.0. The molecule has 0 bridgehead atoms. The van der Waals surface area contributed by atoms with Crippen LogP contribution in [0.2, 0.25) is 0 Å². The van der Waals surface area contributed by atoms with Crippen molar-refractivity contribution < 1.29 is 34.2 Å². The van der Waals surface area contributed by atoms with E-state index in [0.29, 0.717) is 25.8 Å². The summed E-state index contributed by atoms with van der Waals surface area (Å²) in [4.78, 5) is 64.3. The number of nitrogens with two attached hydrogens (primary N) is 5. The number of aliphatic hydroxyl groups excluding tert-OH is 1. The van der Waals surface area contributed by atoms with Crippen molar-refractivity contribution in [3.63, 3.8) is 0 Å². The van der Waals surface area contributed by atoms with Gasteiger partial charge in [-0.3, -0.25) is 24.2 Å². The molecule has 0 saturated carbocycles. The van der Waals surface area contributed by atoms with Crippen molar-refractivity contribution in [2.24, 2.45) is 33.7 Å². The minimum Gasteiger partial charge on any atom is -0.480 e. The minimum atomic E-state index is -1.58. The number of nitrogens with one attached hydrogen (secondary N) is 3. The van der Waals surface area contributed by atoms with Crippen molar-refractivity contribution in [1.29, 1.82) is 0 Å². The van der Waals surface area contributed by atoms with Crippen LogP contribution in [0.1, 0.15) is 44.9 Å². The fraction of sp³-hybridized carbons (Fsp3) is 0.700. The zero-order valence-corrected chi connectivity index (χ0v) is 20.2. The van der Waals surface area contributed by atoms with Crippen molar-refractivity contribution in [3.05, 3.63) is 0 Å². The largest absolute Gasteiger partial charge is 0.480 e. The number of amides is 4. The molecule has 4 atom stereocenters. The van der Waals surface area contributed by atoms with Gasteiger partial charge in [0.05, 0.1) is 12.6 Å². The van der Waals surface area contributed by atoms with E-state index in [9.17, 15) is 24.0 Å². The molecule has 0 aliphatic rings. The third-order valence-corrected chi connectivity index (χ3v) is 4.99. The van der Waals surface area contributed by atoms with Gasteiger partial charge in [0.25, 0.3) is 0 Å². The van der Waals surface area contributed by atoms with Crippen molar-refractivity contribution >= 4 is 35.6 Å². The number of guanidine groups is 1. The van der Waals surface area contributed by atoms with Gasteiger partial charge in [-0.25, -0.2) is 4.79 Å². The topological polar surface area (TPSA) is 304 Å². The number of hydrogen-bond acceptors (Lipinski definition) is 9. The van der Waals surface area contributed by atoms with E-state index in [2.05, 4.69) is 20.9 Å². The summed E-state index contributed by atoms with van der Waals surface area (Å²) in [6.07, 6.45) is 1.24. The van der Waals surface area contributed by atoms with Crippen LogP contribution in [0.3, 0.4) is 0 Å². The van der Waals surface area contributed by atoms with Crippen LogP contribution in [-0.2, 0) is 24.0 Å². The van der Waals surface area contributed by atoms with Gasteiger partial charge in [0.1, 0.15) is 18.1 Å². The van der Waals surface area contributed by atoms with Gasteiger partial charge in [0.15, 0.2) is 5.96 Å². The molecule has 0 aromatic rings. The van der Waals surface area contributed by atoms with Crippen LogP contribution in [-0.4, -0.2) is 89.6 Å². The molecule has 36 heavy (non-hydrogen) atoms. The van der Waals surface area contributed by atoms with E-state index >= 15 is 0 Å². The molecular weight excluding hydrogens is 478 g/mol. The van der Waals surface area contributed by atoms with E-state index in [1.54, 1.807) is 0 Å². The van der Waals surface area contributed by atoms with E-state index in [0.717, 1.165) is 0 Å². The predicted molar refractivity (Wildman–Crippen MR) is 130 cm³/mol. The molecule has 4 amide bonds. The van der Waals surface area contributed by atoms with Crippen LogP contribution in [0.25, 0.3) is 0 Å². The van der Waals surface area contributed by atoms with Crippen molar-refractivity contribution in [2.75, 3.05) is 19.7 Å². The van der Waals surface area contributed by atoms with Crippen LogP contribution < -0.4 is 44.6 Å². The Morgan fingerprint density at radius 3 is 1.83 bits per heavy atom. The maximum absolute atomic E-state index is 13.0. The molecule has 0 aromatic heterocycles. The number of aliphatic carboxylic acids is 1. The van der Waals surface area contributed by atoms with Crippen LogP contribution in [0, 0.1) is 0 Å². The number of carboxylic acid groups (broad SMARTS) is 1. The molecular formula is C20H39N9O7. The molecule has 0 radical (unpaired) electrons. The van der Waals surface area contributed by atoms with Gasteiger partial charge in [0.2, 0.25) is 23.6 Å². The summed E-state index contributed by atoms with van der Waals surface area (Å²) in [6.45, 7) is -0.280. The third kappa shape index (κ3) is 14.0. The zero-order chi connectivity index (χ0) is 27.7. The highest BCUT2D eigenvalue weighted by Gasteiger charge is 2.30. The zero-order valence-electron chi connectivity index (χ0n) is 20.2. The summed E-state index contributed by atoms with van der Waals surface area (Å²) in [5, 5.41) is 25.3. The SMILES string of the molecule is NCCCCC(NC(=O)C(CCC(N)=O)NC(=O)C(N)CCCN=C(N)N)C(=O)NC(CO)C(=O)O. The van der Waals surface area contributed by atoms with Gasteiger partial charge in [-0.05, 0) is 45.1 Å². The number of carbonyl (C=O) groups is 5. The summed E-state index contributed by atoms with van der Waals surface area (Å²) in [5.41, 5.74) is 27.0. The molecule has 16 heteroatoms. The number of carbonyl (C=O) groups excluding carboxylic acids is 4. The number of hydrogen-bond donors (Lipinski definition) is 10. The van der Waals surface area contributed by atoms with E-state index in [-0.39, 0.29) is 38.2 Å². The van der Waals surface area contributed by atoms with Gasteiger partial charge in [-0.2, -0.15) is 0 Å². The van der Waals surface area contributed by atoms with E-state index < -0.39 is 60.4 Å². The van der Waals surface area contributed by atoms with Crippen LogP contribution in [0.15, 0.2) is 4.99 Å². The first-order chi connectivity index (χ1) is 16.9. The standard InChI is InChI=1S/C20H39N9O7/c21-8-2-1-5-12(17(33)29-14(10-30)19(35)36)28-18(34)13(6-7-15(23)31)27-16(32)11(22)4-3-9-26-20(24)25/h11-14,30H,1-10,21-22H2,(H2,23,31)(H,27,32)(H,28,34)(H,29,33)(H,35,36)(H4,24,25,26). The fourth-order valence-corrected chi connectivity index (χ4v) is 2.98. The van der Waals surface area contributed by atoms with E-state index in [1.807, 2.05) is 0 Å². The first kappa shape index (κ1) is 32.5. The quantitative estimate of drug-likeness (QED) is 0.0440. The number of primary amides is 1.